The largest absolute Gasteiger partial charge is 0.347 e. The SMILES string of the molecule is CC(=O)CNC(=O)[C@H](CS)NC(=O)CC[C@H](C)C(C)C. The fourth-order valence-corrected chi connectivity index (χ4v) is 1.74. The van der Waals surface area contributed by atoms with Gasteiger partial charge in [0.2, 0.25) is 11.8 Å². The topological polar surface area (TPSA) is 75.3 Å². The maximum absolute atomic E-state index is 11.8. The van der Waals surface area contributed by atoms with E-state index in [9.17, 15) is 14.4 Å². The minimum absolute atomic E-state index is 0.0244. The Kier molecular flexibility index (Phi) is 9.29. The molecule has 0 aromatic rings. The summed E-state index contributed by atoms with van der Waals surface area (Å²) in [4.78, 5) is 34.3. The molecule has 20 heavy (non-hydrogen) atoms. The number of nitrogens with one attached hydrogen (secondary N) is 2. The van der Waals surface area contributed by atoms with Crippen LogP contribution in [0.25, 0.3) is 0 Å². The van der Waals surface area contributed by atoms with Gasteiger partial charge in [-0.1, -0.05) is 20.8 Å². The third-order valence-corrected chi connectivity index (χ3v) is 3.68. The van der Waals surface area contributed by atoms with Crippen LogP contribution in [-0.2, 0) is 14.4 Å². The van der Waals surface area contributed by atoms with Crippen LogP contribution in [0.5, 0.6) is 0 Å². The van der Waals surface area contributed by atoms with Crippen LogP contribution in [0.1, 0.15) is 40.5 Å². The van der Waals surface area contributed by atoms with Crippen molar-refractivity contribution in [2.24, 2.45) is 11.8 Å². The quantitative estimate of drug-likeness (QED) is 0.560. The minimum atomic E-state index is -0.695. The molecule has 6 heteroatoms. The van der Waals surface area contributed by atoms with Crippen LogP contribution >= 0.6 is 12.6 Å². The predicted molar refractivity (Wildman–Crippen MR) is 82.7 cm³/mol. The number of ketones is 1. The summed E-state index contributed by atoms with van der Waals surface area (Å²) >= 11 is 4.06. The number of Topliss-reactive ketones (excluding diaryl/α,β-unsaturated/α-hetero) is 1. The molecule has 0 spiro atoms. The van der Waals surface area contributed by atoms with Crippen molar-refractivity contribution in [1.82, 2.24) is 10.6 Å². The van der Waals surface area contributed by atoms with E-state index in [1.54, 1.807) is 0 Å². The van der Waals surface area contributed by atoms with Crippen molar-refractivity contribution in [2.75, 3.05) is 12.3 Å². The van der Waals surface area contributed by atoms with Gasteiger partial charge in [-0.05, 0) is 25.2 Å². The Bertz CT molecular complexity index is 345. The minimum Gasteiger partial charge on any atom is -0.347 e. The van der Waals surface area contributed by atoms with Gasteiger partial charge >= 0.3 is 0 Å². The Morgan fingerprint density at radius 2 is 1.75 bits per heavy atom. The average Bonchev–Trinajstić information content (AvgIpc) is 2.38. The molecule has 0 heterocycles. The molecule has 0 unspecified atom stereocenters. The molecule has 0 radical (unpaired) electrons. The molecule has 2 amide bonds. The van der Waals surface area contributed by atoms with Crippen molar-refractivity contribution in [3.05, 3.63) is 0 Å². The second-order valence-corrected chi connectivity index (χ2v) is 5.85. The van der Waals surface area contributed by atoms with Crippen LogP contribution in [0.3, 0.4) is 0 Å². The molecule has 0 aliphatic carbocycles. The maximum Gasteiger partial charge on any atom is 0.243 e. The monoisotopic (exact) mass is 302 g/mol. The van der Waals surface area contributed by atoms with E-state index in [0.717, 1.165) is 6.42 Å². The molecule has 0 aliphatic heterocycles. The lowest BCUT2D eigenvalue weighted by Crippen LogP contribution is -2.48. The van der Waals surface area contributed by atoms with Crippen molar-refractivity contribution in [1.29, 1.82) is 0 Å². The molecule has 0 aromatic heterocycles. The van der Waals surface area contributed by atoms with Crippen LogP contribution in [0, 0.1) is 11.8 Å². The zero-order valence-corrected chi connectivity index (χ0v) is 13.6. The Labute approximate surface area is 126 Å². The van der Waals surface area contributed by atoms with E-state index in [2.05, 4.69) is 44.0 Å². The zero-order chi connectivity index (χ0) is 15.7. The summed E-state index contributed by atoms with van der Waals surface area (Å²) in [6.07, 6.45) is 1.18. The maximum atomic E-state index is 11.8. The van der Waals surface area contributed by atoms with Gasteiger partial charge in [0.1, 0.15) is 11.8 Å². The van der Waals surface area contributed by atoms with Gasteiger partial charge in [-0.3, -0.25) is 14.4 Å². The molecule has 0 rings (SSSR count). The molecule has 0 saturated carbocycles. The summed E-state index contributed by atoms with van der Waals surface area (Å²) in [5.41, 5.74) is 0. The smallest absolute Gasteiger partial charge is 0.243 e. The first-order chi connectivity index (χ1) is 9.27. The standard InChI is InChI=1S/C14H26N2O3S/c1-9(2)10(3)5-6-13(18)16-12(8-20)14(19)15-7-11(4)17/h9-10,12,20H,5-8H2,1-4H3,(H,15,19)(H,16,18)/t10-,12-/m0/s1. The lowest BCUT2D eigenvalue weighted by Gasteiger charge is -2.18. The van der Waals surface area contributed by atoms with E-state index >= 15 is 0 Å². The molecule has 5 nitrogen and oxygen atoms in total. The van der Waals surface area contributed by atoms with Crippen molar-refractivity contribution < 1.29 is 14.4 Å². The third-order valence-electron chi connectivity index (χ3n) is 3.31. The van der Waals surface area contributed by atoms with Gasteiger partial charge in [-0.15, -0.1) is 0 Å². The summed E-state index contributed by atoms with van der Waals surface area (Å²) in [7, 11) is 0. The highest BCUT2D eigenvalue weighted by Gasteiger charge is 2.19. The Balaban J connectivity index is 4.18. The number of amides is 2. The highest BCUT2D eigenvalue weighted by molar-refractivity contribution is 7.80. The first kappa shape index (κ1) is 19.0. The molecule has 2 atom stereocenters. The molecule has 0 aliphatic rings. The van der Waals surface area contributed by atoms with Crippen LogP contribution in [-0.4, -0.2) is 35.9 Å². The van der Waals surface area contributed by atoms with Crippen molar-refractivity contribution in [2.45, 2.75) is 46.6 Å². The summed E-state index contributed by atoms with van der Waals surface area (Å²) in [6.45, 7) is 7.71. The normalized spacial score (nSPS) is 13.7. The highest BCUT2D eigenvalue weighted by Crippen LogP contribution is 2.15. The number of thiol groups is 1. The zero-order valence-electron chi connectivity index (χ0n) is 12.7. The van der Waals surface area contributed by atoms with Crippen LogP contribution in [0.4, 0.5) is 0 Å². The molecule has 0 fully saturated rings. The van der Waals surface area contributed by atoms with E-state index in [1.807, 2.05) is 0 Å². The second kappa shape index (κ2) is 9.80. The highest BCUT2D eigenvalue weighted by atomic mass is 32.1. The predicted octanol–water partition coefficient (Wildman–Crippen LogP) is 1.18. The number of carbonyl (C=O) groups is 3. The van der Waals surface area contributed by atoms with E-state index < -0.39 is 6.04 Å². The number of carbonyl (C=O) groups excluding carboxylic acids is 3. The molecule has 0 saturated heterocycles. The summed E-state index contributed by atoms with van der Waals surface area (Å²) in [5, 5.41) is 5.12. The van der Waals surface area contributed by atoms with Crippen LogP contribution in [0.15, 0.2) is 0 Å². The van der Waals surface area contributed by atoms with E-state index in [1.165, 1.54) is 6.92 Å². The first-order valence-electron chi connectivity index (χ1n) is 6.95. The Hall–Kier alpha value is -1.04. The van der Waals surface area contributed by atoms with E-state index in [0.29, 0.717) is 18.3 Å². The summed E-state index contributed by atoms with van der Waals surface area (Å²) in [6, 6.07) is -0.695. The van der Waals surface area contributed by atoms with Gasteiger partial charge in [0, 0.05) is 12.2 Å². The molecule has 0 aromatic carbocycles. The van der Waals surface area contributed by atoms with Gasteiger partial charge in [0.15, 0.2) is 0 Å². The molecule has 116 valence electrons. The van der Waals surface area contributed by atoms with Crippen LogP contribution < -0.4 is 10.6 Å². The fraction of sp³-hybridized carbons (Fsp3) is 0.786. The van der Waals surface area contributed by atoms with Crippen LogP contribution in [0.2, 0.25) is 0 Å². The Morgan fingerprint density at radius 1 is 1.15 bits per heavy atom. The van der Waals surface area contributed by atoms with Gasteiger partial charge < -0.3 is 10.6 Å². The number of hydrogen-bond donors (Lipinski definition) is 3. The third kappa shape index (κ3) is 8.19. The number of hydrogen-bond acceptors (Lipinski definition) is 4. The number of rotatable bonds is 9. The van der Waals surface area contributed by atoms with Gasteiger partial charge in [0.05, 0.1) is 6.54 Å². The lowest BCUT2D eigenvalue weighted by molar-refractivity contribution is -0.129. The molecule has 2 N–H and O–H groups in total. The first-order valence-corrected chi connectivity index (χ1v) is 7.58. The molecular formula is C14H26N2O3S. The van der Waals surface area contributed by atoms with Gasteiger partial charge in [-0.25, -0.2) is 0 Å². The van der Waals surface area contributed by atoms with Crippen molar-refractivity contribution in [3.8, 4) is 0 Å². The molecular weight excluding hydrogens is 276 g/mol. The summed E-state index contributed by atoms with van der Waals surface area (Å²) < 4.78 is 0. The fourth-order valence-electron chi connectivity index (χ4n) is 1.49. The van der Waals surface area contributed by atoms with E-state index in [-0.39, 0.29) is 29.9 Å². The second-order valence-electron chi connectivity index (χ2n) is 5.48. The average molecular weight is 302 g/mol. The van der Waals surface area contributed by atoms with Crippen molar-refractivity contribution in [3.63, 3.8) is 0 Å². The summed E-state index contributed by atoms with van der Waals surface area (Å²) in [5.74, 6) is 0.530. The van der Waals surface area contributed by atoms with Gasteiger partial charge in [-0.2, -0.15) is 12.6 Å². The van der Waals surface area contributed by atoms with E-state index in [4.69, 9.17) is 0 Å². The lowest BCUT2D eigenvalue weighted by atomic mass is 9.93. The van der Waals surface area contributed by atoms with Crippen molar-refractivity contribution >= 4 is 30.2 Å². The van der Waals surface area contributed by atoms with Gasteiger partial charge in [0.25, 0.3) is 0 Å². The molecule has 0 bridgehead atoms. The Morgan fingerprint density at radius 3 is 2.20 bits per heavy atom.